The first-order valence-corrected chi connectivity index (χ1v) is 11.2. The standard InChI is InChI=1S/C23H16Cl3N5O3/c1-29-20-19(21(32)30(2)23(29)33)31(11-12-5-6-13(24)10-16(12)26)22(28-20)34-17-8-7-15(25)14-4-3-9-27-18(14)17/h3-10H,11H2,1-2H3. The topological polar surface area (TPSA) is 83.9 Å². The van der Waals surface area contributed by atoms with Crippen molar-refractivity contribution in [1.29, 1.82) is 0 Å². The Hall–Kier alpha value is -3.33. The number of ether oxygens (including phenoxy) is 1. The average Bonchev–Trinajstić information content (AvgIpc) is 3.18. The summed E-state index contributed by atoms with van der Waals surface area (Å²) in [5, 5.41) is 2.12. The molecule has 0 amide bonds. The molecular weight excluding hydrogens is 501 g/mol. The van der Waals surface area contributed by atoms with Crippen LogP contribution in [0.4, 0.5) is 0 Å². The molecule has 0 saturated heterocycles. The molecule has 5 rings (SSSR count). The van der Waals surface area contributed by atoms with Crippen molar-refractivity contribution < 1.29 is 4.74 Å². The zero-order valence-corrected chi connectivity index (χ0v) is 20.2. The number of hydrogen-bond donors (Lipinski definition) is 0. The lowest BCUT2D eigenvalue weighted by molar-refractivity contribution is 0.424. The van der Waals surface area contributed by atoms with Gasteiger partial charge in [-0.05, 0) is 42.0 Å². The number of hydrogen-bond acceptors (Lipinski definition) is 5. The summed E-state index contributed by atoms with van der Waals surface area (Å²) in [7, 11) is 2.95. The molecule has 0 aliphatic rings. The van der Waals surface area contributed by atoms with E-state index in [2.05, 4.69) is 9.97 Å². The van der Waals surface area contributed by atoms with Crippen LogP contribution < -0.4 is 16.0 Å². The predicted molar refractivity (Wildman–Crippen MR) is 133 cm³/mol. The monoisotopic (exact) mass is 515 g/mol. The number of nitrogens with zero attached hydrogens (tertiary/aromatic N) is 5. The Morgan fingerprint density at radius 2 is 1.76 bits per heavy atom. The van der Waals surface area contributed by atoms with Crippen molar-refractivity contribution in [3.05, 3.63) is 90.1 Å². The third kappa shape index (κ3) is 3.64. The summed E-state index contributed by atoms with van der Waals surface area (Å²) >= 11 is 18.8. The number of imidazole rings is 1. The molecule has 172 valence electrons. The molecule has 0 unspecified atom stereocenters. The van der Waals surface area contributed by atoms with Gasteiger partial charge >= 0.3 is 11.7 Å². The molecule has 0 atom stereocenters. The van der Waals surface area contributed by atoms with Gasteiger partial charge in [0.15, 0.2) is 16.9 Å². The highest BCUT2D eigenvalue weighted by Crippen LogP contribution is 2.34. The highest BCUT2D eigenvalue weighted by Gasteiger charge is 2.22. The van der Waals surface area contributed by atoms with Gasteiger partial charge < -0.3 is 4.74 Å². The summed E-state index contributed by atoms with van der Waals surface area (Å²) in [6.45, 7) is 0.147. The number of aryl methyl sites for hydroxylation is 1. The minimum Gasteiger partial charge on any atom is -0.423 e. The van der Waals surface area contributed by atoms with Gasteiger partial charge in [0, 0.05) is 35.7 Å². The first-order chi connectivity index (χ1) is 16.3. The normalized spacial score (nSPS) is 11.4. The summed E-state index contributed by atoms with van der Waals surface area (Å²) in [6.07, 6.45) is 1.63. The van der Waals surface area contributed by atoms with E-state index in [1.165, 1.54) is 11.6 Å². The third-order valence-corrected chi connectivity index (χ3v) is 6.45. The van der Waals surface area contributed by atoms with E-state index in [0.29, 0.717) is 37.3 Å². The van der Waals surface area contributed by atoms with Gasteiger partial charge in [-0.1, -0.05) is 40.9 Å². The molecule has 5 aromatic rings. The summed E-state index contributed by atoms with van der Waals surface area (Å²) in [6, 6.07) is 12.1. The van der Waals surface area contributed by atoms with Gasteiger partial charge in [-0.2, -0.15) is 4.98 Å². The lowest BCUT2D eigenvalue weighted by Gasteiger charge is -2.12. The molecule has 2 aromatic carbocycles. The van der Waals surface area contributed by atoms with Crippen molar-refractivity contribution >= 4 is 56.9 Å². The molecule has 8 nitrogen and oxygen atoms in total. The SMILES string of the molecule is Cn1c(=O)c2c(nc(Oc3ccc(Cl)c4cccnc34)n2Cc2ccc(Cl)cc2Cl)n(C)c1=O. The zero-order chi connectivity index (χ0) is 24.1. The van der Waals surface area contributed by atoms with Crippen LogP contribution in [0.5, 0.6) is 11.8 Å². The quantitative estimate of drug-likeness (QED) is 0.343. The van der Waals surface area contributed by atoms with Gasteiger partial charge in [0.25, 0.3) is 5.56 Å². The molecule has 0 fully saturated rings. The zero-order valence-electron chi connectivity index (χ0n) is 17.9. The van der Waals surface area contributed by atoms with Crippen LogP contribution in [-0.4, -0.2) is 23.7 Å². The van der Waals surface area contributed by atoms with E-state index >= 15 is 0 Å². The average molecular weight is 517 g/mol. The number of pyridine rings is 1. The largest absolute Gasteiger partial charge is 0.423 e. The van der Waals surface area contributed by atoms with E-state index in [1.807, 2.05) is 6.07 Å². The minimum absolute atomic E-state index is 0.0913. The van der Waals surface area contributed by atoms with Crippen molar-refractivity contribution in [3.63, 3.8) is 0 Å². The number of fused-ring (bicyclic) bond motifs is 2. The third-order valence-electron chi connectivity index (χ3n) is 5.54. The molecule has 3 aromatic heterocycles. The van der Waals surface area contributed by atoms with Crippen LogP contribution in [0.25, 0.3) is 22.1 Å². The summed E-state index contributed by atoms with van der Waals surface area (Å²) < 4.78 is 10.1. The number of halogens is 3. The molecule has 0 bridgehead atoms. The van der Waals surface area contributed by atoms with Crippen molar-refractivity contribution in [2.75, 3.05) is 0 Å². The second kappa shape index (κ2) is 8.47. The fraction of sp³-hybridized carbons (Fsp3) is 0.130. The van der Waals surface area contributed by atoms with Gasteiger partial charge in [-0.3, -0.25) is 23.5 Å². The summed E-state index contributed by atoms with van der Waals surface area (Å²) in [5.74, 6) is 0.389. The predicted octanol–water partition coefficient (Wildman–Crippen LogP) is 4.78. The molecule has 0 aliphatic carbocycles. The Balaban J connectivity index is 1.76. The van der Waals surface area contributed by atoms with Crippen molar-refractivity contribution in [2.24, 2.45) is 14.1 Å². The van der Waals surface area contributed by atoms with Crippen molar-refractivity contribution in [2.45, 2.75) is 6.54 Å². The Bertz CT molecular complexity index is 1720. The van der Waals surface area contributed by atoms with Crippen LogP contribution >= 0.6 is 34.8 Å². The van der Waals surface area contributed by atoms with Crippen LogP contribution in [0.2, 0.25) is 15.1 Å². The molecular formula is C23H16Cl3N5O3. The minimum atomic E-state index is -0.510. The number of benzene rings is 2. The first kappa shape index (κ1) is 22.5. The van der Waals surface area contributed by atoms with Gasteiger partial charge in [-0.25, -0.2) is 4.79 Å². The Morgan fingerprint density at radius 3 is 2.53 bits per heavy atom. The van der Waals surface area contributed by atoms with E-state index in [-0.39, 0.29) is 23.7 Å². The van der Waals surface area contributed by atoms with Gasteiger partial charge in [0.2, 0.25) is 0 Å². The summed E-state index contributed by atoms with van der Waals surface area (Å²) in [5.41, 5.74) is 0.572. The summed E-state index contributed by atoms with van der Waals surface area (Å²) in [4.78, 5) is 34.5. The van der Waals surface area contributed by atoms with Gasteiger partial charge in [0.05, 0.1) is 11.6 Å². The second-order valence-corrected chi connectivity index (χ2v) is 8.89. The van der Waals surface area contributed by atoms with E-state index in [9.17, 15) is 9.59 Å². The highest BCUT2D eigenvalue weighted by atomic mass is 35.5. The van der Waals surface area contributed by atoms with E-state index in [0.717, 1.165) is 4.57 Å². The second-order valence-electron chi connectivity index (χ2n) is 7.64. The smallest absolute Gasteiger partial charge is 0.332 e. The van der Waals surface area contributed by atoms with Crippen LogP contribution in [0.3, 0.4) is 0 Å². The van der Waals surface area contributed by atoms with E-state index in [4.69, 9.17) is 39.5 Å². The van der Waals surface area contributed by atoms with Crippen molar-refractivity contribution in [3.8, 4) is 11.8 Å². The van der Waals surface area contributed by atoms with Crippen LogP contribution in [0.15, 0.2) is 58.3 Å². The maximum absolute atomic E-state index is 13.1. The Morgan fingerprint density at radius 1 is 0.971 bits per heavy atom. The lowest BCUT2D eigenvalue weighted by Crippen LogP contribution is -2.37. The molecule has 0 radical (unpaired) electrons. The van der Waals surface area contributed by atoms with Crippen LogP contribution in [0, 0.1) is 0 Å². The Labute approximate surface area is 207 Å². The molecule has 0 spiro atoms. The van der Waals surface area contributed by atoms with Crippen LogP contribution in [-0.2, 0) is 20.6 Å². The van der Waals surface area contributed by atoms with E-state index in [1.54, 1.807) is 54.2 Å². The molecule has 11 heteroatoms. The number of aromatic nitrogens is 5. The first-order valence-electron chi connectivity index (χ1n) is 10.1. The molecule has 0 N–H and O–H groups in total. The lowest BCUT2D eigenvalue weighted by atomic mass is 10.2. The van der Waals surface area contributed by atoms with E-state index < -0.39 is 11.2 Å². The maximum Gasteiger partial charge on any atom is 0.332 e. The fourth-order valence-corrected chi connectivity index (χ4v) is 4.45. The maximum atomic E-state index is 13.1. The molecule has 3 heterocycles. The van der Waals surface area contributed by atoms with Gasteiger partial charge in [0.1, 0.15) is 5.52 Å². The fourth-order valence-electron chi connectivity index (χ4n) is 3.76. The molecule has 0 aliphatic heterocycles. The highest BCUT2D eigenvalue weighted by molar-refractivity contribution is 6.35. The number of rotatable bonds is 4. The molecule has 34 heavy (non-hydrogen) atoms. The van der Waals surface area contributed by atoms with Gasteiger partial charge in [-0.15, -0.1) is 0 Å². The Kier molecular flexibility index (Phi) is 5.59. The van der Waals surface area contributed by atoms with Crippen molar-refractivity contribution in [1.82, 2.24) is 23.7 Å². The molecule has 0 saturated carbocycles. The van der Waals surface area contributed by atoms with Crippen LogP contribution in [0.1, 0.15) is 5.56 Å².